The minimum atomic E-state index is -0.307. The van der Waals surface area contributed by atoms with Crippen molar-refractivity contribution in [3.8, 4) is 11.5 Å². The molecule has 0 fully saturated rings. The molecule has 0 saturated carbocycles. The molecule has 0 aliphatic rings. The topological polar surface area (TPSA) is 35.5 Å². The van der Waals surface area contributed by atoms with Crippen LogP contribution in [0.15, 0.2) is 48.5 Å². The Bertz CT molecular complexity index is 625. The second-order valence-electron chi connectivity index (χ2n) is 5.70. The molecule has 0 bridgehead atoms. The number of esters is 1. The summed E-state index contributed by atoms with van der Waals surface area (Å²) in [6.07, 6.45) is 0. The third-order valence-corrected chi connectivity index (χ3v) is 3.72. The van der Waals surface area contributed by atoms with Gasteiger partial charge in [-0.25, -0.2) is 0 Å². The molecule has 0 spiro atoms. The van der Waals surface area contributed by atoms with Crippen LogP contribution in [-0.2, 0) is 10.2 Å². The fraction of sp³-hybridized carbons (Fsp3) is 0.316. The molecule has 22 heavy (non-hydrogen) atoms. The number of hydrogen-bond donors (Lipinski definition) is 0. The van der Waals surface area contributed by atoms with Crippen molar-refractivity contribution in [3.05, 3.63) is 59.7 Å². The summed E-state index contributed by atoms with van der Waals surface area (Å²) in [6.45, 7) is 8.38. The maximum atomic E-state index is 11.0. The SMILES string of the molecule is CCOc1ccc(C(C)(C)c2ccc(OC(C)=O)cc2)cc1. The van der Waals surface area contributed by atoms with E-state index in [0.717, 1.165) is 11.3 Å². The van der Waals surface area contributed by atoms with Gasteiger partial charge in [0.1, 0.15) is 11.5 Å². The third-order valence-electron chi connectivity index (χ3n) is 3.72. The lowest BCUT2D eigenvalue weighted by Gasteiger charge is -2.26. The zero-order chi connectivity index (χ0) is 16.2. The normalized spacial score (nSPS) is 11.1. The first-order chi connectivity index (χ1) is 10.4. The molecule has 2 aromatic carbocycles. The fourth-order valence-electron chi connectivity index (χ4n) is 2.41. The van der Waals surface area contributed by atoms with E-state index in [4.69, 9.17) is 9.47 Å². The zero-order valence-electron chi connectivity index (χ0n) is 13.6. The first kappa shape index (κ1) is 16.1. The van der Waals surface area contributed by atoms with Crippen molar-refractivity contribution < 1.29 is 14.3 Å². The number of ether oxygens (including phenoxy) is 2. The Labute approximate surface area is 131 Å². The van der Waals surface area contributed by atoms with Crippen LogP contribution >= 0.6 is 0 Å². The van der Waals surface area contributed by atoms with E-state index in [1.54, 1.807) is 0 Å². The monoisotopic (exact) mass is 298 g/mol. The van der Waals surface area contributed by atoms with Gasteiger partial charge >= 0.3 is 5.97 Å². The van der Waals surface area contributed by atoms with Crippen LogP contribution < -0.4 is 9.47 Å². The Morgan fingerprint density at radius 1 is 0.909 bits per heavy atom. The highest BCUT2D eigenvalue weighted by atomic mass is 16.5. The molecule has 0 unspecified atom stereocenters. The van der Waals surface area contributed by atoms with E-state index < -0.39 is 0 Å². The van der Waals surface area contributed by atoms with Crippen molar-refractivity contribution in [1.82, 2.24) is 0 Å². The second-order valence-corrected chi connectivity index (χ2v) is 5.70. The molecule has 0 atom stereocenters. The first-order valence-electron chi connectivity index (χ1n) is 7.46. The standard InChI is InChI=1S/C19H22O3/c1-5-21-17-10-6-15(7-11-17)19(3,4)16-8-12-18(13-9-16)22-14(2)20/h6-13H,5H2,1-4H3. The Kier molecular flexibility index (Phi) is 4.86. The molecular formula is C19H22O3. The Hall–Kier alpha value is -2.29. The summed E-state index contributed by atoms with van der Waals surface area (Å²) >= 11 is 0. The molecule has 0 radical (unpaired) electrons. The van der Waals surface area contributed by atoms with Gasteiger partial charge in [-0.2, -0.15) is 0 Å². The van der Waals surface area contributed by atoms with Crippen LogP contribution in [0.1, 0.15) is 38.8 Å². The maximum absolute atomic E-state index is 11.0. The summed E-state index contributed by atoms with van der Waals surface area (Å²) in [5, 5.41) is 0. The van der Waals surface area contributed by atoms with Gasteiger partial charge in [-0.1, -0.05) is 38.1 Å². The van der Waals surface area contributed by atoms with Gasteiger partial charge in [0.2, 0.25) is 0 Å². The number of rotatable bonds is 5. The summed E-state index contributed by atoms with van der Waals surface area (Å²) in [6, 6.07) is 15.8. The minimum Gasteiger partial charge on any atom is -0.494 e. The van der Waals surface area contributed by atoms with Crippen LogP contribution in [0.3, 0.4) is 0 Å². The third kappa shape index (κ3) is 3.67. The summed E-state index contributed by atoms with van der Waals surface area (Å²) in [7, 11) is 0. The highest BCUT2D eigenvalue weighted by molar-refractivity contribution is 5.69. The molecule has 0 aromatic heterocycles. The number of benzene rings is 2. The highest BCUT2D eigenvalue weighted by Crippen LogP contribution is 2.33. The number of carbonyl (C=O) groups is 1. The van der Waals surface area contributed by atoms with Gasteiger partial charge in [-0.15, -0.1) is 0 Å². The summed E-state index contributed by atoms with van der Waals surface area (Å²) < 4.78 is 10.6. The van der Waals surface area contributed by atoms with Crippen LogP contribution in [-0.4, -0.2) is 12.6 Å². The van der Waals surface area contributed by atoms with Crippen molar-refractivity contribution in [2.45, 2.75) is 33.1 Å². The smallest absolute Gasteiger partial charge is 0.308 e. The van der Waals surface area contributed by atoms with Crippen molar-refractivity contribution in [2.75, 3.05) is 6.61 Å². The van der Waals surface area contributed by atoms with E-state index in [1.807, 2.05) is 43.3 Å². The van der Waals surface area contributed by atoms with E-state index in [9.17, 15) is 4.79 Å². The molecule has 0 heterocycles. The van der Waals surface area contributed by atoms with Crippen molar-refractivity contribution in [1.29, 1.82) is 0 Å². The molecule has 0 N–H and O–H groups in total. The molecule has 2 rings (SSSR count). The van der Waals surface area contributed by atoms with Gasteiger partial charge in [0.05, 0.1) is 6.61 Å². The van der Waals surface area contributed by atoms with Crippen molar-refractivity contribution in [2.24, 2.45) is 0 Å². The van der Waals surface area contributed by atoms with E-state index >= 15 is 0 Å². The summed E-state index contributed by atoms with van der Waals surface area (Å²) in [5.74, 6) is 1.14. The van der Waals surface area contributed by atoms with Crippen molar-refractivity contribution >= 4 is 5.97 Å². The number of carbonyl (C=O) groups excluding carboxylic acids is 1. The van der Waals surface area contributed by atoms with Gasteiger partial charge in [0.15, 0.2) is 0 Å². The first-order valence-corrected chi connectivity index (χ1v) is 7.46. The summed E-state index contributed by atoms with van der Waals surface area (Å²) in [5.41, 5.74) is 2.23. The predicted molar refractivity (Wildman–Crippen MR) is 87.5 cm³/mol. The van der Waals surface area contributed by atoms with Crippen LogP contribution in [0.25, 0.3) is 0 Å². The molecule has 116 valence electrons. The van der Waals surface area contributed by atoms with E-state index in [1.165, 1.54) is 12.5 Å². The quantitative estimate of drug-likeness (QED) is 0.608. The fourth-order valence-corrected chi connectivity index (χ4v) is 2.41. The van der Waals surface area contributed by atoms with Gasteiger partial charge in [-0.3, -0.25) is 4.79 Å². The van der Waals surface area contributed by atoms with Gasteiger partial charge in [-0.05, 0) is 42.3 Å². The molecule has 3 heteroatoms. The lowest BCUT2D eigenvalue weighted by molar-refractivity contribution is -0.131. The van der Waals surface area contributed by atoms with Crippen molar-refractivity contribution in [3.63, 3.8) is 0 Å². The van der Waals surface area contributed by atoms with Gasteiger partial charge < -0.3 is 9.47 Å². The van der Waals surface area contributed by atoms with Crippen LogP contribution in [0, 0.1) is 0 Å². The molecule has 0 amide bonds. The van der Waals surface area contributed by atoms with E-state index in [-0.39, 0.29) is 11.4 Å². The Balaban J connectivity index is 2.23. The van der Waals surface area contributed by atoms with Gasteiger partial charge in [0, 0.05) is 12.3 Å². The average molecular weight is 298 g/mol. The molecule has 0 aliphatic heterocycles. The lowest BCUT2D eigenvalue weighted by atomic mass is 9.78. The van der Waals surface area contributed by atoms with Crippen LogP contribution in [0.4, 0.5) is 0 Å². The number of hydrogen-bond acceptors (Lipinski definition) is 3. The molecule has 0 saturated heterocycles. The Morgan fingerprint density at radius 3 is 1.77 bits per heavy atom. The van der Waals surface area contributed by atoms with Gasteiger partial charge in [0.25, 0.3) is 0 Å². The molecule has 2 aromatic rings. The van der Waals surface area contributed by atoms with E-state index in [0.29, 0.717) is 12.4 Å². The highest BCUT2D eigenvalue weighted by Gasteiger charge is 2.23. The second kappa shape index (κ2) is 6.65. The van der Waals surface area contributed by atoms with E-state index in [2.05, 4.69) is 26.0 Å². The summed E-state index contributed by atoms with van der Waals surface area (Å²) in [4.78, 5) is 11.0. The minimum absolute atomic E-state index is 0.139. The molecular weight excluding hydrogens is 276 g/mol. The zero-order valence-corrected chi connectivity index (χ0v) is 13.6. The predicted octanol–water partition coefficient (Wildman–Crippen LogP) is 4.34. The average Bonchev–Trinajstić information content (AvgIpc) is 2.48. The van der Waals surface area contributed by atoms with Crippen LogP contribution in [0.5, 0.6) is 11.5 Å². The Morgan fingerprint density at radius 2 is 1.36 bits per heavy atom. The van der Waals surface area contributed by atoms with Crippen LogP contribution in [0.2, 0.25) is 0 Å². The largest absolute Gasteiger partial charge is 0.494 e. The maximum Gasteiger partial charge on any atom is 0.308 e. The lowest BCUT2D eigenvalue weighted by Crippen LogP contribution is -2.18. The molecule has 0 aliphatic carbocycles. The molecule has 3 nitrogen and oxygen atoms in total.